The van der Waals surface area contributed by atoms with Crippen LogP contribution in [0.5, 0.6) is 11.5 Å². The fraction of sp³-hybridized carbons (Fsp3) is 0.167. The van der Waals surface area contributed by atoms with Gasteiger partial charge >= 0.3 is 0 Å². The Balaban J connectivity index is 1.56. The molecule has 39 heavy (non-hydrogen) atoms. The minimum atomic E-state index is -0.771. The van der Waals surface area contributed by atoms with Gasteiger partial charge in [0, 0.05) is 32.4 Å². The predicted molar refractivity (Wildman–Crippen MR) is 163 cm³/mol. The summed E-state index contributed by atoms with van der Waals surface area (Å²) in [5, 5.41) is 2.40. The smallest absolute Gasteiger partial charge is 0.178 e. The van der Waals surface area contributed by atoms with E-state index in [1.54, 1.807) is 18.9 Å². The predicted octanol–water partition coefficient (Wildman–Crippen LogP) is 9.23. The van der Waals surface area contributed by atoms with E-state index in [2.05, 4.69) is 117 Å². The highest BCUT2D eigenvalue weighted by atomic mass is 32.2. The summed E-state index contributed by atoms with van der Waals surface area (Å²) in [7, 11) is 1.70. The number of hydrogen-bond donors (Lipinski definition) is 0. The van der Waals surface area contributed by atoms with Crippen LogP contribution in [0.2, 0.25) is 0 Å². The molecular formula is C36H30O2S. The van der Waals surface area contributed by atoms with Gasteiger partial charge < -0.3 is 9.47 Å². The van der Waals surface area contributed by atoms with E-state index in [1.165, 1.54) is 38.1 Å². The van der Waals surface area contributed by atoms with Gasteiger partial charge in [-0.2, -0.15) is 0 Å². The molecule has 0 amide bonds. The maximum Gasteiger partial charge on any atom is 0.178 e. The van der Waals surface area contributed by atoms with Crippen LogP contribution in [0.3, 0.4) is 0 Å². The van der Waals surface area contributed by atoms with Crippen LogP contribution in [0, 0.1) is 0 Å². The third-order valence-corrected chi connectivity index (χ3v) is 9.19. The normalized spacial score (nSPS) is 18.3. The van der Waals surface area contributed by atoms with Crippen molar-refractivity contribution in [3.8, 4) is 22.6 Å². The van der Waals surface area contributed by atoms with E-state index >= 15 is 0 Å². The average Bonchev–Trinajstić information content (AvgIpc) is 3.24. The molecule has 2 aliphatic rings. The first-order chi connectivity index (χ1) is 19.0. The highest BCUT2D eigenvalue weighted by Crippen LogP contribution is 2.58. The van der Waals surface area contributed by atoms with Gasteiger partial charge in [0.05, 0.1) is 7.11 Å². The zero-order valence-corrected chi connectivity index (χ0v) is 23.4. The Kier molecular flexibility index (Phi) is 5.43. The third-order valence-electron chi connectivity index (χ3n) is 8.47. The minimum absolute atomic E-state index is 0.150. The summed E-state index contributed by atoms with van der Waals surface area (Å²) in [6, 6.07) is 34.5. The Bertz CT molecular complexity index is 1770. The molecule has 1 atom stereocenters. The zero-order chi connectivity index (χ0) is 26.8. The third kappa shape index (κ3) is 3.43. The molecule has 1 aliphatic carbocycles. The molecule has 1 unspecified atom stereocenters. The first kappa shape index (κ1) is 24.1. The fourth-order valence-corrected chi connectivity index (χ4v) is 7.00. The van der Waals surface area contributed by atoms with Gasteiger partial charge in [0.15, 0.2) is 5.60 Å². The Morgan fingerprint density at radius 2 is 1.49 bits per heavy atom. The number of hydrogen-bond acceptors (Lipinski definition) is 3. The lowest BCUT2D eigenvalue weighted by Gasteiger charge is -2.38. The van der Waals surface area contributed by atoms with Crippen molar-refractivity contribution >= 4 is 28.6 Å². The van der Waals surface area contributed by atoms with E-state index in [0.717, 1.165) is 28.0 Å². The van der Waals surface area contributed by atoms with E-state index in [1.807, 2.05) is 12.1 Å². The molecule has 5 aromatic rings. The first-order valence-corrected chi connectivity index (χ1v) is 14.6. The summed E-state index contributed by atoms with van der Waals surface area (Å²) in [6.07, 6.45) is 6.69. The molecule has 0 saturated heterocycles. The molecule has 0 N–H and O–H groups in total. The molecule has 0 bridgehead atoms. The van der Waals surface area contributed by atoms with Gasteiger partial charge in [0.25, 0.3) is 0 Å². The number of ether oxygens (including phenoxy) is 2. The zero-order valence-electron chi connectivity index (χ0n) is 22.6. The number of fused-ring (bicyclic) bond motifs is 8. The number of thioether (sulfide) groups is 1. The van der Waals surface area contributed by atoms with Crippen molar-refractivity contribution in [2.45, 2.75) is 29.8 Å². The Morgan fingerprint density at radius 3 is 2.23 bits per heavy atom. The van der Waals surface area contributed by atoms with Gasteiger partial charge in [0.2, 0.25) is 0 Å². The van der Waals surface area contributed by atoms with Crippen molar-refractivity contribution in [3.63, 3.8) is 0 Å². The molecule has 192 valence electrons. The second-order valence-corrected chi connectivity index (χ2v) is 11.7. The molecule has 0 saturated carbocycles. The van der Waals surface area contributed by atoms with E-state index in [9.17, 15) is 0 Å². The van der Waals surface area contributed by atoms with Crippen molar-refractivity contribution in [2.75, 3.05) is 13.4 Å². The van der Waals surface area contributed by atoms with Gasteiger partial charge in [0.1, 0.15) is 11.5 Å². The van der Waals surface area contributed by atoms with Gasteiger partial charge in [-0.15, -0.1) is 11.8 Å². The molecule has 0 spiro atoms. The maximum absolute atomic E-state index is 7.36. The second-order valence-electron chi connectivity index (χ2n) is 10.8. The molecule has 0 fully saturated rings. The van der Waals surface area contributed by atoms with E-state index in [0.29, 0.717) is 0 Å². The lowest BCUT2D eigenvalue weighted by molar-refractivity contribution is 0.163. The number of rotatable bonds is 4. The quantitative estimate of drug-likeness (QED) is 0.217. The Hall–Kier alpha value is -3.95. The monoisotopic (exact) mass is 526 g/mol. The van der Waals surface area contributed by atoms with Crippen molar-refractivity contribution < 1.29 is 9.47 Å². The molecular weight excluding hydrogens is 496 g/mol. The summed E-state index contributed by atoms with van der Waals surface area (Å²) in [5.41, 5.74) is 7.78. The SMILES string of the molecule is COc1ccc(C2(c3ccccc3)C=Cc3c4c(c5ccc(SC)cc5c3O2)-c2ccccc2C4(C)C)cc1. The lowest BCUT2D eigenvalue weighted by atomic mass is 9.77. The molecule has 7 rings (SSSR count). The Labute approximate surface area is 234 Å². The number of methoxy groups -OCH3 is 1. The van der Waals surface area contributed by atoms with Gasteiger partial charge in [-0.05, 0) is 64.2 Å². The van der Waals surface area contributed by atoms with Crippen LogP contribution < -0.4 is 9.47 Å². The largest absolute Gasteiger partial charge is 0.497 e. The lowest BCUT2D eigenvalue weighted by Crippen LogP contribution is -2.35. The van der Waals surface area contributed by atoms with Crippen molar-refractivity contribution in [1.29, 1.82) is 0 Å². The molecule has 3 heteroatoms. The fourth-order valence-electron chi connectivity index (χ4n) is 6.56. The van der Waals surface area contributed by atoms with Crippen LogP contribution in [0.15, 0.2) is 108 Å². The maximum atomic E-state index is 7.36. The van der Waals surface area contributed by atoms with Crippen molar-refractivity contribution in [1.82, 2.24) is 0 Å². The van der Waals surface area contributed by atoms with Gasteiger partial charge in [-0.1, -0.05) is 92.7 Å². The van der Waals surface area contributed by atoms with E-state index < -0.39 is 5.60 Å². The molecule has 5 aromatic carbocycles. The van der Waals surface area contributed by atoms with Gasteiger partial charge in [-0.25, -0.2) is 0 Å². The summed E-state index contributed by atoms with van der Waals surface area (Å²) >= 11 is 1.76. The number of benzene rings is 5. The average molecular weight is 527 g/mol. The summed E-state index contributed by atoms with van der Waals surface area (Å²) in [4.78, 5) is 1.23. The van der Waals surface area contributed by atoms with Crippen LogP contribution in [0.4, 0.5) is 0 Å². The summed E-state index contributed by atoms with van der Waals surface area (Å²) in [6.45, 7) is 4.69. The van der Waals surface area contributed by atoms with Crippen molar-refractivity contribution in [3.05, 3.63) is 131 Å². The minimum Gasteiger partial charge on any atom is -0.497 e. The molecule has 0 aromatic heterocycles. The Morgan fingerprint density at radius 1 is 0.769 bits per heavy atom. The van der Waals surface area contributed by atoms with Crippen LogP contribution >= 0.6 is 11.8 Å². The summed E-state index contributed by atoms with van der Waals surface area (Å²) < 4.78 is 12.8. The van der Waals surface area contributed by atoms with E-state index in [4.69, 9.17) is 9.47 Å². The standard InChI is InChI=1S/C36H30O2S/c1-35(2)31-13-9-8-12-28(31)32-27-19-18-26(39-4)22-30(27)34-29(33(32)35)20-21-36(38-34,23-10-6-5-7-11-23)24-14-16-25(37-3)17-15-24/h5-22H,1-4H3. The highest BCUT2D eigenvalue weighted by Gasteiger charge is 2.44. The van der Waals surface area contributed by atoms with Crippen LogP contribution in [0.1, 0.15) is 41.7 Å². The highest BCUT2D eigenvalue weighted by molar-refractivity contribution is 7.98. The molecule has 1 aliphatic heterocycles. The first-order valence-electron chi connectivity index (χ1n) is 13.3. The van der Waals surface area contributed by atoms with Crippen LogP contribution in [0.25, 0.3) is 28.0 Å². The topological polar surface area (TPSA) is 18.5 Å². The van der Waals surface area contributed by atoms with Crippen molar-refractivity contribution in [2.24, 2.45) is 0 Å². The van der Waals surface area contributed by atoms with Crippen LogP contribution in [-0.4, -0.2) is 13.4 Å². The second kappa shape index (κ2) is 8.79. The summed E-state index contributed by atoms with van der Waals surface area (Å²) in [5.74, 6) is 1.78. The van der Waals surface area contributed by atoms with Gasteiger partial charge in [-0.3, -0.25) is 0 Å². The van der Waals surface area contributed by atoms with E-state index in [-0.39, 0.29) is 5.41 Å². The molecule has 1 heterocycles. The van der Waals surface area contributed by atoms with Crippen LogP contribution in [-0.2, 0) is 11.0 Å². The molecule has 0 radical (unpaired) electrons. The molecule has 2 nitrogen and oxygen atoms in total.